The normalized spacial score (nSPS) is 51.5. The highest BCUT2D eigenvalue weighted by atomic mass is 16.5. The molecule has 124 valence electrons. The second-order valence-electron chi connectivity index (χ2n) is 8.99. The van der Waals surface area contributed by atoms with Crippen LogP contribution in [-0.4, -0.2) is 46.4 Å². The Balaban J connectivity index is 1.54. The van der Waals surface area contributed by atoms with E-state index in [1.807, 2.05) is 0 Å². The second-order valence-corrected chi connectivity index (χ2v) is 8.99. The zero-order chi connectivity index (χ0) is 15.7. The summed E-state index contributed by atoms with van der Waals surface area (Å²) in [5.74, 6) is 2.31. The third-order valence-electron chi connectivity index (χ3n) is 7.36. The van der Waals surface area contributed by atoms with Crippen molar-refractivity contribution in [2.45, 2.75) is 70.3 Å². The highest BCUT2D eigenvalue weighted by Gasteiger charge is 2.61. The average Bonchev–Trinajstić information content (AvgIpc) is 3.09. The van der Waals surface area contributed by atoms with Gasteiger partial charge in [-0.05, 0) is 38.5 Å². The predicted molar refractivity (Wildman–Crippen MR) is 87.6 cm³/mol. The first-order valence-corrected chi connectivity index (χ1v) is 9.14. The summed E-state index contributed by atoms with van der Waals surface area (Å²) in [7, 11) is 0. The van der Waals surface area contributed by atoms with Crippen molar-refractivity contribution in [2.75, 3.05) is 13.1 Å². The summed E-state index contributed by atoms with van der Waals surface area (Å²) in [6.07, 6.45) is 8.16. The van der Waals surface area contributed by atoms with E-state index in [0.29, 0.717) is 29.8 Å². The van der Waals surface area contributed by atoms with Gasteiger partial charge in [-0.15, -0.1) is 0 Å². The molecule has 3 heteroatoms. The van der Waals surface area contributed by atoms with E-state index in [9.17, 15) is 5.11 Å². The van der Waals surface area contributed by atoms with Crippen molar-refractivity contribution in [3.8, 4) is 0 Å². The largest absolute Gasteiger partial charge is 0.393 e. The molecule has 7 atom stereocenters. The molecule has 0 aromatic carbocycles. The molecule has 3 nitrogen and oxygen atoms in total. The van der Waals surface area contributed by atoms with Crippen molar-refractivity contribution in [1.29, 1.82) is 0 Å². The third kappa shape index (κ3) is 1.98. The highest BCUT2D eigenvalue weighted by molar-refractivity contribution is 5.27. The Morgan fingerprint density at radius 2 is 2.05 bits per heavy atom. The molecule has 1 spiro atoms. The Kier molecular flexibility index (Phi) is 3.32. The fourth-order valence-corrected chi connectivity index (χ4v) is 5.73. The number of hydrogen-bond acceptors (Lipinski definition) is 3. The number of hydrogen-bond donors (Lipinski definition) is 1. The summed E-state index contributed by atoms with van der Waals surface area (Å²) >= 11 is 0. The van der Waals surface area contributed by atoms with Crippen molar-refractivity contribution in [3.05, 3.63) is 12.2 Å². The minimum absolute atomic E-state index is 0.0335. The lowest BCUT2D eigenvalue weighted by atomic mass is 9.71. The molecule has 3 aliphatic heterocycles. The van der Waals surface area contributed by atoms with E-state index in [1.54, 1.807) is 0 Å². The van der Waals surface area contributed by atoms with Crippen molar-refractivity contribution in [1.82, 2.24) is 4.90 Å². The number of aliphatic hydroxyl groups excluding tert-OH is 1. The van der Waals surface area contributed by atoms with Gasteiger partial charge in [0.05, 0.1) is 12.2 Å². The van der Waals surface area contributed by atoms with Crippen LogP contribution in [0.5, 0.6) is 0 Å². The molecule has 3 fully saturated rings. The van der Waals surface area contributed by atoms with Gasteiger partial charge in [-0.2, -0.15) is 0 Å². The Morgan fingerprint density at radius 1 is 1.27 bits per heavy atom. The van der Waals surface area contributed by atoms with E-state index in [1.165, 1.54) is 6.42 Å². The lowest BCUT2D eigenvalue weighted by molar-refractivity contribution is -0.0520. The van der Waals surface area contributed by atoms with Gasteiger partial charge in [0.15, 0.2) is 0 Å². The molecule has 0 unspecified atom stereocenters. The molecule has 22 heavy (non-hydrogen) atoms. The van der Waals surface area contributed by atoms with Crippen LogP contribution in [0.15, 0.2) is 12.2 Å². The van der Waals surface area contributed by atoms with Gasteiger partial charge in [-0.1, -0.05) is 32.4 Å². The van der Waals surface area contributed by atoms with Crippen molar-refractivity contribution in [3.63, 3.8) is 0 Å². The molecule has 0 aromatic rings. The number of likely N-dealkylation sites (tertiary alicyclic amines) is 1. The fourth-order valence-electron chi connectivity index (χ4n) is 5.73. The topological polar surface area (TPSA) is 32.7 Å². The number of aliphatic hydroxyl groups is 1. The first kappa shape index (κ1) is 15.2. The Hall–Kier alpha value is -0.380. The van der Waals surface area contributed by atoms with Gasteiger partial charge < -0.3 is 9.84 Å². The molecule has 4 aliphatic rings. The van der Waals surface area contributed by atoms with Gasteiger partial charge in [0.1, 0.15) is 5.60 Å². The molecule has 0 amide bonds. The van der Waals surface area contributed by atoms with Crippen LogP contribution in [-0.2, 0) is 4.74 Å². The Morgan fingerprint density at radius 3 is 2.73 bits per heavy atom. The van der Waals surface area contributed by atoms with E-state index in [0.717, 1.165) is 25.9 Å². The quantitative estimate of drug-likeness (QED) is 0.796. The number of ether oxygens (including phenoxy) is 1. The Labute approximate surface area is 134 Å². The maximum absolute atomic E-state index is 10.6. The first-order valence-electron chi connectivity index (χ1n) is 9.14. The second kappa shape index (κ2) is 4.81. The smallest absolute Gasteiger partial charge is 0.104 e. The van der Waals surface area contributed by atoms with Gasteiger partial charge in [-0.3, -0.25) is 4.90 Å². The molecule has 0 aromatic heterocycles. The van der Waals surface area contributed by atoms with Crippen molar-refractivity contribution >= 4 is 0 Å². The van der Waals surface area contributed by atoms with Crippen LogP contribution >= 0.6 is 0 Å². The summed E-state index contributed by atoms with van der Waals surface area (Å²) in [6, 6.07) is 0. The summed E-state index contributed by atoms with van der Waals surface area (Å²) < 4.78 is 6.34. The van der Waals surface area contributed by atoms with E-state index < -0.39 is 0 Å². The van der Waals surface area contributed by atoms with Crippen LogP contribution in [0.25, 0.3) is 0 Å². The Bertz CT molecular complexity index is 488. The predicted octanol–water partition coefficient (Wildman–Crippen LogP) is 2.84. The highest BCUT2D eigenvalue weighted by Crippen LogP contribution is 2.53. The first-order chi connectivity index (χ1) is 10.3. The van der Waals surface area contributed by atoms with E-state index in [4.69, 9.17) is 4.74 Å². The molecule has 1 N–H and O–H groups in total. The van der Waals surface area contributed by atoms with Crippen molar-refractivity contribution in [2.24, 2.45) is 23.7 Å². The monoisotopic (exact) mass is 305 g/mol. The van der Waals surface area contributed by atoms with Crippen LogP contribution in [0.1, 0.15) is 47.0 Å². The molecule has 2 bridgehead atoms. The van der Waals surface area contributed by atoms with Crippen LogP contribution < -0.4 is 0 Å². The summed E-state index contributed by atoms with van der Waals surface area (Å²) in [4.78, 5) is 2.62. The van der Waals surface area contributed by atoms with E-state index >= 15 is 0 Å². The lowest BCUT2D eigenvalue weighted by Crippen LogP contribution is -2.54. The van der Waals surface area contributed by atoms with Crippen LogP contribution in [0, 0.1) is 23.7 Å². The molecule has 2 saturated heterocycles. The van der Waals surface area contributed by atoms with Gasteiger partial charge >= 0.3 is 0 Å². The van der Waals surface area contributed by atoms with Crippen LogP contribution in [0.3, 0.4) is 0 Å². The van der Waals surface area contributed by atoms with E-state index in [2.05, 4.69) is 44.7 Å². The molecule has 1 aliphatic carbocycles. The summed E-state index contributed by atoms with van der Waals surface area (Å²) in [6.45, 7) is 11.4. The zero-order valence-corrected chi connectivity index (χ0v) is 14.5. The van der Waals surface area contributed by atoms with Crippen molar-refractivity contribution < 1.29 is 9.84 Å². The van der Waals surface area contributed by atoms with Gasteiger partial charge in [0, 0.05) is 30.5 Å². The fraction of sp³-hybridized carbons (Fsp3) is 0.895. The maximum atomic E-state index is 10.6. The molecular formula is C19H31NO2. The zero-order valence-electron chi connectivity index (χ0n) is 14.5. The SMILES string of the molecule is C[C@@H]1CC[C@@H](C(C)(C)N2C[C@H]3[C@H](C)[C@H]4C=C[C@@]3(C2)O4)[C@H](O)C1. The molecular weight excluding hydrogens is 274 g/mol. The molecule has 0 radical (unpaired) electrons. The maximum Gasteiger partial charge on any atom is 0.104 e. The standard InChI is InChI=1S/C19H31NO2/c1-12-5-6-14(16(21)9-12)18(3,4)20-10-15-13(2)17-7-8-19(15,11-20)22-17/h7-8,12-17,21H,5-6,9-11H2,1-4H3/t12-,13+,14-,15+,16-,17-,19+/m1/s1. The number of nitrogens with zero attached hydrogens (tertiary/aromatic N) is 1. The van der Waals surface area contributed by atoms with E-state index in [-0.39, 0.29) is 17.2 Å². The minimum Gasteiger partial charge on any atom is -0.393 e. The minimum atomic E-state index is -0.151. The third-order valence-corrected chi connectivity index (χ3v) is 7.36. The van der Waals surface area contributed by atoms with Crippen LogP contribution in [0.4, 0.5) is 0 Å². The molecule has 3 heterocycles. The number of fused-ring (bicyclic) bond motifs is 1. The lowest BCUT2D eigenvalue weighted by Gasteiger charge is -2.47. The molecule has 4 rings (SSSR count). The molecule has 1 saturated carbocycles. The number of rotatable bonds is 2. The summed E-state index contributed by atoms with van der Waals surface area (Å²) in [5.41, 5.74) is 0.0158. The average molecular weight is 305 g/mol. The summed E-state index contributed by atoms with van der Waals surface area (Å²) in [5, 5.41) is 10.6. The van der Waals surface area contributed by atoms with Gasteiger partial charge in [0.2, 0.25) is 0 Å². The van der Waals surface area contributed by atoms with Gasteiger partial charge in [0.25, 0.3) is 0 Å². The van der Waals surface area contributed by atoms with Crippen LogP contribution in [0.2, 0.25) is 0 Å². The van der Waals surface area contributed by atoms with Gasteiger partial charge in [-0.25, -0.2) is 0 Å².